The first-order valence-corrected chi connectivity index (χ1v) is 11.0. The van der Waals surface area contributed by atoms with Crippen molar-refractivity contribution >= 4 is 40.0 Å². The van der Waals surface area contributed by atoms with Gasteiger partial charge in [0.1, 0.15) is 6.23 Å². The number of ketones is 1. The Bertz CT molecular complexity index is 1080. The highest BCUT2D eigenvalue weighted by molar-refractivity contribution is 7.16. The molecule has 0 saturated carbocycles. The molecule has 9 nitrogen and oxygen atoms in total. The van der Waals surface area contributed by atoms with Crippen LogP contribution in [0, 0.1) is 5.21 Å². The fourth-order valence-corrected chi connectivity index (χ4v) is 5.27. The molecule has 2 N–H and O–H groups in total. The zero-order chi connectivity index (χ0) is 21.6. The molecule has 0 aliphatic carbocycles. The van der Waals surface area contributed by atoms with Gasteiger partial charge in [0, 0.05) is 30.3 Å². The standard InChI is InChI=1S/C21H21N3O6S/c25-19-14-9-22-8-13(14)10-24(28)15(19)7-21(20(26)27)6-12-5-18(31-16(12)11-30-21)23-17-3-1-2-4-29-17/h5,8-10,17,23H,1-4,6-7,11H2,(H,26,27). The zero-order valence-electron chi connectivity index (χ0n) is 16.6. The van der Waals surface area contributed by atoms with Gasteiger partial charge in [0.25, 0.3) is 5.78 Å². The lowest BCUT2D eigenvalue weighted by molar-refractivity contribution is -0.381. The van der Waals surface area contributed by atoms with Gasteiger partial charge in [0.15, 0.2) is 11.8 Å². The molecule has 0 radical (unpaired) electrons. The van der Waals surface area contributed by atoms with Crippen LogP contribution >= 0.6 is 11.3 Å². The van der Waals surface area contributed by atoms with Gasteiger partial charge in [-0.2, -0.15) is 4.74 Å². The Balaban J connectivity index is 1.39. The molecule has 0 spiro atoms. The summed E-state index contributed by atoms with van der Waals surface area (Å²) >= 11 is 1.51. The van der Waals surface area contributed by atoms with Crippen LogP contribution in [-0.4, -0.2) is 52.0 Å². The number of carboxylic acids is 1. The van der Waals surface area contributed by atoms with Crippen LogP contribution in [0.3, 0.4) is 0 Å². The Kier molecular flexibility index (Phi) is 4.99. The van der Waals surface area contributed by atoms with E-state index in [1.165, 1.54) is 30.0 Å². The summed E-state index contributed by atoms with van der Waals surface area (Å²) in [5, 5.41) is 26.8. The van der Waals surface area contributed by atoms with Gasteiger partial charge in [0.2, 0.25) is 5.71 Å². The zero-order valence-corrected chi connectivity index (χ0v) is 17.4. The number of nitrogens with zero attached hydrogens (tertiary/aromatic N) is 2. The van der Waals surface area contributed by atoms with E-state index in [2.05, 4.69) is 10.3 Å². The van der Waals surface area contributed by atoms with Crippen molar-refractivity contribution in [2.45, 2.75) is 50.5 Å². The van der Waals surface area contributed by atoms with E-state index in [9.17, 15) is 19.9 Å². The highest BCUT2D eigenvalue weighted by Gasteiger charge is 2.49. The topological polar surface area (TPSA) is 123 Å². The molecular weight excluding hydrogens is 422 g/mol. The van der Waals surface area contributed by atoms with Gasteiger partial charge >= 0.3 is 5.97 Å². The SMILES string of the molecule is O=C1C2=CN=CC2=C[N+]([O-])=C1CC1(C(=O)O)Cc2cc(NC3CCCCO3)sc2CO1. The Morgan fingerprint density at radius 2 is 2.32 bits per heavy atom. The van der Waals surface area contributed by atoms with Crippen LogP contribution in [0.5, 0.6) is 0 Å². The molecule has 5 rings (SSSR count). The minimum absolute atomic E-state index is 0.0497. The molecule has 4 aliphatic rings. The molecule has 4 aliphatic heterocycles. The van der Waals surface area contributed by atoms with Gasteiger partial charge < -0.3 is 25.1 Å². The van der Waals surface area contributed by atoms with E-state index in [-0.39, 0.29) is 31.4 Å². The van der Waals surface area contributed by atoms with Crippen LogP contribution in [0.25, 0.3) is 0 Å². The Morgan fingerprint density at radius 1 is 1.45 bits per heavy atom. The molecule has 5 heterocycles. The predicted octanol–water partition coefficient (Wildman–Crippen LogP) is 2.36. The number of hydrogen-bond donors (Lipinski definition) is 2. The Morgan fingerprint density at radius 3 is 3.10 bits per heavy atom. The summed E-state index contributed by atoms with van der Waals surface area (Å²) in [6.45, 7) is 0.830. The quantitative estimate of drug-likeness (QED) is 0.529. The van der Waals surface area contributed by atoms with E-state index < -0.39 is 17.4 Å². The van der Waals surface area contributed by atoms with E-state index in [1.54, 1.807) is 0 Å². The normalized spacial score (nSPS) is 27.5. The molecule has 1 saturated heterocycles. The van der Waals surface area contributed by atoms with E-state index in [0.29, 0.717) is 15.9 Å². The number of thiophene rings is 1. The van der Waals surface area contributed by atoms with Gasteiger partial charge in [0.05, 0.1) is 29.2 Å². The summed E-state index contributed by atoms with van der Waals surface area (Å²) in [4.78, 5) is 29.9. The lowest BCUT2D eigenvalue weighted by atomic mass is 9.84. The van der Waals surface area contributed by atoms with Crippen LogP contribution in [0.4, 0.5) is 5.00 Å². The molecule has 2 unspecified atom stereocenters. The Labute approximate surface area is 182 Å². The third-order valence-corrected chi connectivity index (χ3v) is 7.02. The number of carboxylic acid groups (broad SMARTS) is 1. The number of rotatable bonds is 5. The first-order chi connectivity index (χ1) is 14.9. The third-order valence-electron chi connectivity index (χ3n) is 5.94. The van der Waals surface area contributed by atoms with Crippen molar-refractivity contribution in [3.63, 3.8) is 0 Å². The fraction of sp³-hybridized carbons (Fsp3) is 0.429. The van der Waals surface area contributed by atoms with Crippen molar-refractivity contribution in [3.05, 3.63) is 45.3 Å². The maximum atomic E-state index is 12.8. The molecule has 10 heteroatoms. The molecule has 1 fully saturated rings. The summed E-state index contributed by atoms with van der Waals surface area (Å²) in [5.74, 6) is -1.71. The first kappa shape index (κ1) is 20.1. The van der Waals surface area contributed by atoms with Crippen molar-refractivity contribution in [2.24, 2.45) is 4.99 Å². The maximum Gasteiger partial charge on any atom is 0.336 e. The number of aliphatic imine (C=N–C) groups is 1. The number of nitrogens with one attached hydrogen (secondary N) is 1. The highest BCUT2D eigenvalue weighted by atomic mass is 32.1. The number of aliphatic carboxylic acids is 1. The fourth-order valence-electron chi connectivity index (χ4n) is 4.23. The van der Waals surface area contributed by atoms with Gasteiger partial charge in [-0.1, -0.05) is 0 Å². The van der Waals surface area contributed by atoms with Crippen molar-refractivity contribution in [2.75, 3.05) is 11.9 Å². The van der Waals surface area contributed by atoms with E-state index >= 15 is 0 Å². The van der Waals surface area contributed by atoms with E-state index in [4.69, 9.17) is 9.47 Å². The average Bonchev–Trinajstić information content (AvgIpc) is 3.37. The number of hydrogen-bond acceptors (Lipinski definition) is 8. The monoisotopic (exact) mass is 443 g/mol. The van der Waals surface area contributed by atoms with Gasteiger partial charge in [-0.25, -0.2) is 4.79 Å². The van der Waals surface area contributed by atoms with Gasteiger partial charge in [-0.15, -0.1) is 11.3 Å². The molecule has 0 aromatic carbocycles. The molecule has 2 atom stereocenters. The second-order valence-corrected chi connectivity index (χ2v) is 9.14. The van der Waals surface area contributed by atoms with Crippen molar-refractivity contribution < 1.29 is 28.9 Å². The number of hydroxylamine groups is 1. The number of anilines is 1. The second-order valence-electron chi connectivity index (χ2n) is 8.01. The van der Waals surface area contributed by atoms with Crippen LogP contribution in [-0.2, 0) is 32.1 Å². The predicted molar refractivity (Wildman–Crippen MR) is 113 cm³/mol. The van der Waals surface area contributed by atoms with Crippen LogP contribution < -0.4 is 5.32 Å². The smallest absolute Gasteiger partial charge is 0.336 e. The van der Waals surface area contributed by atoms with Crippen molar-refractivity contribution in [1.29, 1.82) is 0 Å². The van der Waals surface area contributed by atoms with Gasteiger partial charge in [-0.3, -0.25) is 9.79 Å². The highest BCUT2D eigenvalue weighted by Crippen LogP contribution is 2.39. The number of carbonyl (C=O) groups is 2. The van der Waals surface area contributed by atoms with Crippen molar-refractivity contribution in [1.82, 2.24) is 0 Å². The van der Waals surface area contributed by atoms with E-state index in [0.717, 1.165) is 41.3 Å². The first-order valence-electron chi connectivity index (χ1n) is 10.1. The number of fused-ring (bicyclic) bond motifs is 2. The molecule has 0 amide bonds. The molecule has 1 aromatic heterocycles. The number of carbonyl (C=O) groups excluding carboxylic acids is 1. The van der Waals surface area contributed by atoms with Gasteiger partial charge in [-0.05, 0) is 30.9 Å². The number of ether oxygens (including phenoxy) is 2. The van der Waals surface area contributed by atoms with Crippen molar-refractivity contribution in [3.8, 4) is 0 Å². The summed E-state index contributed by atoms with van der Waals surface area (Å²) in [5.41, 5.74) is -0.272. The molecular formula is C21H21N3O6S. The summed E-state index contributed by atoms with van der Waals surface area (Å²) < 4.78 is 12.0. The molecule has 162 valence electrons. The molecule has 31 heavy (non-hydrogen) atoms. The number of allylic oxidation sites excluding steroid dienone is 2. The lowest BCUT2D eigenvalue weighted by Gasteiger charge is -2.33. The van der Waals surface area contributed by atoms with Crippen LogP contribution in [0.1, 0.15) is 36.1 Å². The molecule has 0 bridgehead atoms. The van der Waals surface area contributed by atoms with Crippen LogP contribution in [0.2, 0.25) is 0 Å². The maximum absolute atomic E-state index is 12.8. The summed E-state index contributed by atoms with van der Waals surface area (Å²) in [6, 6.07) is 1.92. The van der Waals surface area contributed by atoms with Crippen LogP contribution in [0.15, 0.2) is 34.6 Å². The minimum atomic E-state index is -1.69. The number of Topliss-reactive ketones (excluding diaryl/α,β-unsaturated/α-hetero) is 1. The average molecular weight is 443 g/mol. The molecule has 1 aromatic rings. The Hall–Kier alpha value is -2.82. The largest absolute Gasteiger partial charge is 0.618 e. The minimum Gasteiger partial charge on any atom is -0.618 e. The van der Waals surface area contributed by atoms with E-state index in [1.807, 2.05) is 6.07 Å². The third kappa shape index (κ3) is 3.60. The second kappa shape index (κ2) is 7.70. The summed E-state index contributed by atoms with van der Waals surface area (Å²) in [6.07, 6.45) is 6.85. The summed E-state index contributed by atoms with van der Waals surface area (Å²) in [7, 11) is 0. The lowest BCUT2D eigenvalue weighted by Crippen LogP contribution is -2.50.